The van der Waals surface area contributed by atoms with Gasteiger partial charge in [0.15, 0.2) is 0 Å². The monoisotopic (exact) mass is 281 g/mol. The number of aliphatic hydroxyl groups is 1. The standard InChI is InChI=1S/C15H27N3O2/c19-13-10-14(16-11-13)15(20)18-7-3-6-17(8-9-18)12-4-1-2-5-12/h12-14,16,19H,1-11H2. The second kappa shape index (κ2) is 6.41. The second-order valence-corrected chi connectivity index (χ2v) is 6.50. The van der Waals surface area contributed by atoms with E-state index < -0.39 is 0 Å². The summed E-state index contributed by atoms with van der Waals surface area (Å²) < 4.78 is 0. The SMILES string of the molecule is O=C(C1CC(O)CN1)N1CCCN(C2CCCC2)CC1. The zero-order valence-electron chi connectivity index (χ0n) is 12.3. The predicted molar refractivity (Wildman–Crippen MR) is 77.4 cm³/mol. The van der Waals surface area contributed by atoms with Crippen molar-refractivity contribution < 1.29 is 9.90 Å². The minimum atomic E-state index is -0.356. The molecule has 0 aromatic carbocycles. The van der Waals surface area contributed by atoms with Crippen LogP contribution in [0.2, 0.25) is 0 Å². The molecule has 2 atom stereocenters. The average molecular weight is 281 g/mol. The Morgan fingerprint density at radius 1 is 1.05 bits per heavy atom. The fraction of sp³-hybridized carbons (Fsp3) is 0.933. The molecule has 2 heterocycles. The molecule has 0 radical (unpaired) electrons. The average Bonchev–Trinajstić information content (AvgIpc) is 3.05. The third kappa shape index (κ3) is 3.15. The molecule has 2 N–H and O–H groups in total. The van der Waals surface area contributed by atoms with Crippen molar-refractivity contribution >= 4 is 5.91 Å². The smallest absolute Gasteiger partial charge is 0.239 e. The molecule has 2 saturated heterocycles. The minimum absolute atomic E-state index is 0.164. The van der Waals surface area contributed by atoms with Gasteiger partial charge in [-0.2, -0.15) is 0 Å². The van der Waals surface area contributed by atoms with E-state index in [0.717, 1.165) is 38.6 Å². The Bertz CT molecular complexity index is 344. The Morgan fingerprint density at radius 3 is 2.55 bits per heavy atom. The quantitative estimate of drug-likeness (QED) is 0.758. The molecule has 2 aliphatic heterocycles. The fourth-order valence-corrected chi connectivity index (χ4v) is 3.92. The van der Waals surface area contributed by atoms with Crippen LogP contribution in [-0.4, -0.2) is 71.7 Å². The van der Waals surface area contributed by atoms with Crippen molar-refractivity contribution in [3.05, 3.63) is 0 Å². The van der Waals surface area contributed by atoms with E-state index in [1.807, 2.05) is 4.90 Å². The number of aliphatic hydroxyl groups excluding tert-OH is 1. The number of carbonyl (C=O) groups is 1. The Labute approximate surface area is 121 Å². The molecule has 114 valence electrons. The summed E-state index contributed by atoms with van der Waals surface area (Å²) in [6.45, 7) is 4.43. The van der Waals surface area contributed by atoms with Crippen molar-refractivity contribution in [1.29, 1.82) is 0 Å². The van der Waals surface area contributed by atoms with Crippen molar-refractivity contribution in [1.82, 2.24) is 15.1 Å². The highest BCUT2D eigenvalue weighted by Gasteiger charge is 2.33. The lowest BCUT2D eigenvalue weighted by molar-refractivity contribution is -0.133. The zero-order chi connectivity index (χ0) is 13.9. The molecule has 5 nitrogen and oxygen atoms in total. The van der Waals surface area contributed by atoms with Crippen LogP contribution < -0.4 is 5.32 Å². The number of carbonyl (C=O) groups excluding carboxylic acids is 1. The van der Waals surface area contributed by atoms with Crippen molar-refractivity contribution in [2.24, 2.45) is 0 Å². The molecule has 0 spiro atoms. The third-order valence-corrected chi connectivity index (χ3v) is 5.09. The first kappa shape index (κ1) is 14.3. The van der Waals surface area contributed by atoms with Gasteiger partial charge in [-0.25, -0.2) is 0 Å². The molecule has 0 aromatic heterocycles. The second-order valence-electron chi connectivity index (χ2n) is 6.50. The summed E-state index contributed by atoms with van der Waals surface area (Å²) in [6.07, 6.45) is 6.71. The van der Waals surface area contributed by atoms with E-state index in [-0.39, 0.29) is 18.1 Å². The number of nitrogens with one attached hydrogen (secondary N) is 1. The molecule has 2 unspecified atom stereocenters. The summed E-state index contributed by atoms with van der Waals surface area (Å²) in [6, 6.07) is 0.597. The van der Waals surface area contributed by atoms with Crippen LogP contribution in [0.3, 0.4) is 0 Å². The zero-order valence-corrected chi connectivity index (χ0v) is 12.3. The van der Waals surface area contributed by atoms with Gasteiger partial charge in [-0.1, -0.05) is 12.8 Å². The first-order valence-corrected chi connectivity index (χ1v) is 8.18. The van der Waals surface area contributed by atoms with Crippen LogP contribution in [-0.2, 0) is 4.79 Å². The summed E-state index contributed by atoms with van der Waals surface area (Å²) in [5.74, 6) is 0.190. The maximum absolute atomic E-state index is 12.5. The van der Waals surface area contributed by atoms with Crippen molar-refractivity contribution in [3.8, 4) is 0 Å². The third-order valence-electron chi connectivity index (χ3n) is 5.09. The molecule has 1 amide bonds. The number of amides is 1. The molecule has 0 aromatic rings. The van der Waals surface area contributed by atoms with Gasteiger partial charge in [-0.15, -0.1) is 0 Å². The van der Waals surface area contributed by atoms with Crippen LogP contribution in [0.25, 0.3) is 0 Å². The van der Waals surface area contributed by atoms with Gasteiger partial charge in [-0.05, 0) is 25.7 Å². The molecule has 5 heteroatoms. The van der Waals surface area contributed by atoms with Gasteiger partial charge in [0.1, 0.15) is 0 Å². The van der Waals surface area contributed by atoms with Crippen LogP contribution in [0.5, 0.6) is 0 Å². The van der Waals surface area contributed by atoms with Crippen molar-refractivity contribution in [2.45, 2.75) is 56.7 Å². The van der Waals surface area contributed by atoms with E-state index in [9.17, 15) is 9.90 Å². The highest BCUT2D eigenvalue weighted by Crippen LogP contribution is 2.24. The molecular weight excluding hydrogens is 254 g/mol. The van der Waals surface area contributed by atoms with Gasteiger partial charge < -0.3 is 15.3 Å². The lowest BCUT2D eigenvalue weighted by atomic mass is 10.2. The van der Waals surface area contributed by atoms with E-state index in [2.05, 4.69) is 10.2 Å². The number of β-amino-alcohol motifs (C(OH)–C–C–N with tert-alkyl or cyclic N) is 1. The number of nitrogens with zero attached hydrogens (tertiary/aromatic N) is 2. The predicted octanol–water partition coefficient (Wildman–Crippen LogP) is 0.186. The van der Waals surface area contributed by atoms with Gasteiger partial charge in [0.25, 0.3) is 0 Å². The Kier molecular flexibility index (Phi) is 4.58. The number of rotatable bonds is 2. The number of hydrogen-bond donors (Lipinski definition) is 2. The molecule has 3 rings (SSSR count). The Morgan fingerprint density at radius 2 is 1.85 bits per heavy atom. The lowest BCUT2D eigenvalue weighted by Gasteiger charge is -2.28. The summed E-state index contributed by atoms with van der Waals surface area (Å²) >= 11 is 0. The Balaban J connectivity index is 1.52. The van der Waals surface area contributed by atoms with Crippen LogP contribution in [0.1, 0.15) is 38.5 Å². The van der Waals surface area contributed by atoms with Crippen molar-refractivity contribution in [3.63, 3.8) is 0 Å². The van der Waals surface area contributed by atoms with Crippen LogP contribution in [0.4, 0.5) is 0 Å². The maximum atomic E-state index is 12.5. The van der Waals surface area contributed by atoms with E-state index in [0.29, 0.717) is 13.0 Å². The largest absolute Gasteiger partial charge is 0.392 e. The molecule has 1 saturated carbocycles. The molecular formula is C15H27N3O2. The molecule has 0 bridgehead atoms. The summed E-state index contributed by atoms with van der Waals surface area (Å²) in [5.41, 5.74) is 0. The maximum Gasteiger partial charge on any atom is 0.239 e. The highest BCUT2D eigenvalue weighted by atomic mass is 16.3. The van der Waals surface area contributed by atoms with E-state index in [4.69, 9.17) is 0 Å². The summed E-state index contributed by atoms with van der Waals surface area (Å²) in [4.78, 5) is 17.1. The summed E-state index contributed by atoms with van der Waals surface area (Å²) in [7, 11) is 0. The van der Waals surface area contributed by atoms with Crippen LogP contribution in [0, 0.1) is 0 Å². The topological polar surface area (TPSA) is 55.8 Å². The molecule has 20 heavy (non-hydrogen) atoms. The lowest BCUT2D eigenvalue weighted by Crippen LogP contribution is -2.45. The molecule has 3 fully saturated rings. The van der Waals surface area contributed by atoms with Gasteiger partial charge in [0.05, 0.1) is 12.1 Å². The minimum Gasteiger partial charge on any atom is -0.392 e. The van der Waals surface area contributed by atoms with Crippen LogP contribution >= 0.6 is 0 Å². The normalized spacial score (nSPS) is 33.5. The Hall–Kier alpha value is -0.650. The number of hydrogen-bond acceptors (Lipinski definition) is 4. The first-order chi connectivity index (χ1) is 9.74. The summed E-state index contributed by atoms with van der Waals surface area (Å²) in [5, 5.41) is 12.7. The fourth-order valence-electron chi connectivity index (χ4n) is 3.92. The first-order valence-electron chi connectivity index (χ1n) is 8.18. The molecule has 1 aliphatic carbocycles. The van der Waals surface area contributed by atoms with Gasteiger partial charge in [0.2, 0.25) is 5.91 Å². The van der Waals surface area contributed by atoms with Gasteiger partial charge >= 0.3 is 0 Å². The van der Waals surface area contributed by atoms with Gasteiger partial charge in [-0.3, -0.25) is 9.69 Å². The van der Waals surface area contributed by atoms with E-state index in [1.54, 1.807) is 0 Å². The van der Waals surface area contributed by atoms with E-state index in [1.165, 1.54) is 25.7 Å². The van der Waals surface area contributed by atoms with Crippen LogP contribution in [0.15, 0.2) is 0 Å². The highest BCUT2D eigenvalue weighted by molar-refractivity contribution is 5.82. The van der Waals surface area contributed by atoms with E-state index >= 15 is 0 Å². The van der Waals surface area contributed by atoms with Gasteiger partial charge in [0, 0.05) is 38.8 Å². The molecule has 3 aliphatic rings. The van der Waals surface area contributed by atoms with Crippen molar-refractivity contribution in [2.75, 3.05) is 32.7 Å².